The van der Waals surface area contributed by atoms with E-state index in [0.717, 1.165) is 43.3 Å². The lowest BCUT2D eigenvalue weighted by Gasteiger charge is -2.47. The number of benzene rings is 2. The summed E-state index contributed by atoms with van der Waals surface area (Å²) in [6.07, 6.45) is 18.3. The molecule has 2 atom stereocenters. The molecule has 1 fully saturated rings. The molecule has 0 heterocycles. The Labute approximate surface area is 226 Å². The number of hydrogen-bond acceptors (Lipinski definition) is 3. The molecule has 0 amide bonds. The summed E-state index contributed by atoms with van der Waals surface area (Å²) in [5.74, 6) is 1.10. The van der Waals surface area contributed by atoms with Crippen molar-refractivity contribution >= 4 is 31.0 Å². The fourth-order valence-corrected chi connectivity index (χ4v) is 13.4. The Morgan fingerprint density at radius 1 is 0.811 bits per heavy atom. The molecular formula is C33H48O3Si. The lowest BCUT2D eigenvalue weighted by Crippen LogP contribution is -2.64. The summed E-state index contributed by atoms with van der Waals surface area (Å²) >= 11 is 0. The highest BCUT2D eigenvalue weighted by Crippen LogP contribution is 2.45. The van der Waals surface area contributed by atoms with Gasteiger partial charge in [-0.2, -0.15) is 0 Å². The quantitative estimate of drug-likeness (QED) is 0.129. The molecule has 2 aromatic rings. The first-order valence-electron chi connectivity index (χ1n) is 14.8. The van der Waals surface area contributed by atoms with Crippen LogP contribution in [0.1, 0.15) is 108 Å². The molecule has 4 heteroatoms. The number of hydrogen-bond donors (Lipinski definition) is 0. The number of methoxy groups -OCH3 is 1. The van der Waals surface area contributed by atoms with Gasteiger partial charge in [-0.15, -0.1) is 0 Å². The number of unbranched alkanes of at least 4 members (excludes halogenated alkanes) is 7. The highest BCUT2D eigenvalue weighted by molar-refractivity contribution is 7.04. The number of ether oxygens (including phenoxy) is 1. The van der Waals surface area contributed by atoms with E-state index in [1.165, 1.54) is 74.4 Å². The predicted molar refractivity (Wildman–Crippen MR) is 158 cm³/mol. The first-order chi connectivity index (χ1) is 18.1. The molecule has 1 aliphatic carbocycles. The molecule has 1 saturated carbocycles. The van der Waals surface area contributed by atoms with Crippen molar-refractivity contribution in [3.8, 4) is 5.75 Å². The fraction of sp³-hybridized carbons (Fsp3) is 0.576. The molecule has 3 rings (SSSR count). The Morgan fingerprint density at radius 3 is 1.86 bits per heavy atom. The molecule has 1 unspecified atom stereocenters. The maximum Gasteiger partial charge on any atom is 0.150 e. The summed E-state index contributed by atoms with van der Waals surface area (Å²) in [5, 5.41) is 2.90. The molecule has 0 N–H and O–H groups in total. The van der Waals surface area contributed by atoms with E-state index in [4.69, 9.17) is 4.74 Å². The van der Waals surface area contributed by atoms with Crippen LogP contribution in [0.3, 0.4) is 0 Å². The third-order valence-electron chi connectivity index (χ3n) is 8.97. The van der Waals surface area contributed by atoms with Gasteiger partial charge >= 0.3 is 0 Å². The van der Waals surface area contributed by atoms with Gasteiger partial charge < -0.3 is 9.53 Å². The van der Waals surface area contributed by atoms with Gasteiger partial charge in [0.05, 0.1) is 7.11 Å². The zero-order valence-electron chi connectivity index (χ0n) is 23.4. The monoisotopic (exact) mass is 520 g/mol. The van der Waals surface area contributed by atoms with Crippen molar-refractivity contribution in [3.63, 3.8) is 0 Å². The molecule has 202 valence electrons. The van der Waals surface area contributed by atoms with E-state index in [9.17, 15) is 9.59 Å². The van der Waals surface area contributed by atoms with E-state index in [1.807, 2.05) is 12.1 Å². The Bertz CT molecular complexity index is 931. The van der Waals surface area contributed by atoms with Crippen LogP contribution in [-0.4, -0.2) is 27.8 Å². The maximum atomic E-state index is 11.6. The van der Waals surface area contributed by atoms with Crippen LogP contribution in [0, 0.1) is 5.92 Å². The third-order valence-corrected chi connectivity index (χ3v) is 15.3. The number of aldehydes is 2. The molecular weight excluding hydrogens is 472 g/mol. The molecule has 0 bridgehead atoms. The van der Waals surface area contributed by atoms with Gasteiger partial charge in [-0.3, -0.25) is 4.79 Å². The molecule has 0 radical (unpaired) electrons. The zero-order chi connectivity index (χ0) is 26.5. The van der Waals surface area contributed by atoms with Gasteiger partial charge in [-0.05, 0) is 36.1 Å². The zero-order valence-corrected chi connectivity index (χ0v) is 24.4. The van der Waals surface area contributed by atoms with Crippen LogP contribution >= 0.6 is 0 Å². The van der Waals surface area contributed by atoms with E-state index in [2.05, 4.69) is 50.2 Å². The maximum absolute atomic E-state index is 11.6. The first-order valence-corrected chi connectivity index (χ1v) is 16.9. The number of rotatable bonds is 16. The predicted octanol–water partition coefficient (Wildman–Crippen LogP) is 7.75. The van der Waals surface area contributed by atoms with E-state index in [-0.39, 0.29) is 5.92 Å². The first kappa shape index (κ1) is 29.4. The fourth-order valence-electron chi connectivity index (χ4n) is 6.84. The second kappa shape index (κ2) is 15.3. The summed E-state index contributed by atoms with van der Waals surface area (Å²) in [7, 11) is -0.512. The summed E-state index contributed by atoms with van der Waals surface area (Å²) in [6.45, 7) is 4.77. The largest absolute Gasteiger partial charge is 0.497 e. The van der Waals surface area contributed by atoms with Crippen LogP contribution in [0.4, 0.5) is 0 Å². The summed E-state index contributed by atoms with van der Waals surface area (Å²) < 4.78 is 5.52. The minimum absolute atomic E-state index is 0.208. The molecule has 3 nitrogen and oxygen atoms in total. The minimum Gasteiger partial charge on any atom is -0.497 e. The molecule has 0 aromatic heterocycles. The SMILES string of the molecule is CCCCCCCCCCC(C)[Si@](c1ccc(C=O)cc1)(c1ccc(OC)cc1)C1CCC(C=O)CC1. The second-order valence-corrected chi connectivity index (χ2v) is 15.9. The highest BCUT2D eigenvalue weighted by atomic mass is 28.3. The topological polar surface area (TPSA) is 43.4 Å². The van der Waals surface area contributed by atoms with E-state index < -0.39 is 8.07 Å². The van der Waals surface area contributed by atoms with Crippen LogP contribution < -0.4 is 15.1 Å². The Kier molecular flexibility index (Phi) is 12.1. The lowest BCUT2D eigenvalue weighted by molar-refractivity contribution is -0.111. The van der Waals surface area contributed by atoms with Gasteiger partial charge in [0.2, 0.25) is 0 Å². The van der Waals surface area contributed by atoms with Crippen LogP contribution in [0.25, 0.3) is 0 Å². The van der Waals surface area contributed by atoms with Crippen LogP contribution in [0.5, 0.6) is 5.75 Å². The van der Waals surface area contributed by atoms with Crippen molar-refractivity contribution in [2.45, 2.75) is 108 Å². The van der Waals surface area contributed by atoms with Crippen LogP contribution in [0.15, 0.2) is 48.5 Å². The van der Waals surface area contributed by atoms with Gasteiger partial charge in [0.25, 0.3) is 0 Å². The highest BCUT2D eigenvalue weighted by Gasteiger charge is 2.49. The number of carbonyl (C=O) groups excluding carboxylic acids is 2. The van der Waals surface area contributed by atoms with Gasteiger partial charge in [0.15, 0.2) is 0 Å². The van der Waals surface area contributed by atoms with Gasteiger partial charge in [-0.25, -0.2) is 0 Å². The van der Waals surface area contributed by atoms with Gasteiger partial charge in [-0.1, -0.05) is 131 Å². The average molecular weight is 521 g/mol. The number of carbonyl (C=O) groups is 2. The Morgan fingerprint density at radius 2 is 1.35 bits per heavy atom. The van der Waals surface area contributed by atoms with Gasteiger partial charge in [0, 0.05) is 11.5 Å². The molecule has 37 heavy (non-hydrogen) atoms. The van der Waals surface area contributed by atoms with E-state index in [1.54, 1.807) is 7.11 Å². The molecule has 0 saturated heterocycles. The summed E-state index contributed by atoms with van der Waals surface area (Å²) in [6, 6.07) is 17.4. The van der Waals surface area contributed by atoms with Crippen molar-refractivity contribution in [1.29, 1.82) is 0 Å². The average Bonchev–Trinajstić information content (AvgIpc) is 2.96. The second-order valence-electron chi connectivity index (χ2n) is 11.2. The standard InChI is InChI=1S/C33H48O3Si/c1-4-5-6-7-8-9-10-11-12-27(2)37(31-19-13-28(25-34)14-20-31,32-21-15-29(26-35)16-22-32)33-23-17-30(36-3)18-24-33/h13-14,17-20,23-27,29,32H,4-12,15-16,21-22H2,1-3H3/t27?,29?,32?,37-/m1/s1. The molecule has 1 aliphatic rings. The summed E-state index contributed by atoms with van der Waals surface area (Å²) in [4.78, 5) is 23.0. The summed E-state index contributed by atoms with van der Waals surface area (Å²) in [5.41, 5.74) is 1.89. The van der Waals surface area contributed by atoms with Crippen LogP contribution in [-0.2, 0) is 4.79 Å². The van der Waals surface area contributed by atoms with Crippen molar-refractivity contribution in [2.75, 3.05) is 7.11 Å². The smallest absolute Gasteiger partial charge is 0.150 e. The van der Waals surface area contributed by atoms with Crippen molar-refractivity contribution < 1.29 is 14.3 Å². The third kappa shape index (κ3) is 7.43. The van der Waals surface area contributed by atoms with Crippen molar-refractivity contribution in [1.82, 2.24) is 0 Å². The Hall–Kier alpha value is -2.20. The lowest BCUT2D eigenvalue weighted by atomic mass is 9.90. The van der Waals surface area contributed by atoms with Crippen LogP contribution in [0.2, 0.25) is 11.1 Å². The van der Waals surface area contributed by atoms with Gasteiger partial charge in [0.1, 0.15) is 26.4 Å². The normalized spacial score (nSPS) is 20.1. The van der Waals surface area contributed by atoms with Crippen molar-refractivity contribution in [2.24, 2.45) is 5.92 Å². The minimum atomic E-state index is -2.24. The Balaban J connectivity index is 1.92. The van der Waals surface area contributed by atoms with E-state index in [0.29, 0.717) is 11.1 Å². The molecule has 0 spiro atoms. The van der Waals surface area contributed by atoms with E-state index >= 15 is 0 Å². The van der Waals surface area contributed by atoms with Crippen molar-refractivity contribution in [3.05, 3.63) is 54.1 Å². The molecule has 0 aliphatic heterocycles. The molecule has 2 aromatic carbocycles.